The van der Waals surface area contributed by atoms with Crippen LogP contribution in [0, 0.1) is 28.6 Å². The topological polar surface area (TPSA) is 87.5 Å². The number of carbonyl (C=O) groups is 1. The summed E-state index contributed by atoms with van der Waals surface area (Å²) in [7, 11) is 0. The van der Waals surface area contributed by atoms with Crippen molar-refractivity contribution in [3.63, 3.8) is 0 Å². The lowest BCUT2D eigenvalue weighted by atomic mass is 9.71. The summed E-state index contributed by atoms with van der Waals surface area (Å²) in [4.78, 5) is 24.4. The van der Waals surface area contributed by atoms with Gasteiger partial charge in [-0.05, 0) is 93.3 Å². The molecule has 0 radical (unpaired) electrons. The van der Waals surface area contributed by atoms with Gasteiger partial charge in [0.1, 0.15) is 5.82 Å². The van der Waals surface area contributed by atoms with Crippen LogP contribution in [0.2, 0.25) is 0 Å². The van der Waals surface area contributed by atoms with Crippen LogP contribution < -0.4 is 20.4 Å². The molecule has 0 bridgehead atoms. The van der Waals surface area contributed by atoms with E-state index in [4.69, 9.17) is 5.26 Å². The van der Waals surface area contributed by atoms with Gasteiger partial charge in [0, 0.05) is 57.4 Å². The van der Waals surface area contributed by atoms with Crippen LogP contribution in [0.3, 0.4) is 0 Å². The molecule has 1 aromatic carbocycles. The number of likely N-dealkylation sites (tertiary alicyclic amines) is 1. The Morgan fingerprint density at radius 2 is 1.67 bits per heavy atom. The van der Waals surface area contributed by atoms with Crippen LogP contribution >= 0.6 is 0 Å². The summed E-state index contributed by atoms with van der Waals surface area (Å²) in [5.41, 5.74) is 0.650. The fourth-order valence-electron chi connectivity index (χ4n) is 7.35. The van der Waals surface area contributed by atoms with Crippen LogP contribution in [0.25, 0.3) is 0 Å². The van der Waals surface area contributed by atoms with Crippen molar-refractivity contribution in [2.24, 2.45) is 17.3 Å². The zero-order valence-electron chi connectivity index (χ0n) is 24.5. The van der Waals surface area contributed by atoms with Crippen LogP contribution in [-0.4, -0.2) is 74.7 Å². The van der Waals surface area contributed by atoms with Gasteiger partial charge < -0.3 is 25.3 Å². The van der Waals surface area contributed by atoms with Crippen LogP contribution in [0.4, 0.5) is 30.4 Å². The average molecular weight is 596 g/mol. The van der Waals surface area contributed by atoms with Gasteiger partial charge in [-0.15, -0.1) is 0 Å². The number of benzene rings is 1. The zero-order valence-corrected chi connectivity index (χ0v) is 24.5. The maximum Gasteiger partial charge on any atom is 0.417 e. The summed E-state index contributed by atoms with van der Waals surface area (Å²) in [5, 5.41) is 15.4. The molecule has 4 saturated heterocycles. The van der Waals surface area contributed by atoms with Gasteiger partial charge in [-0.1, -0.05) is 0 Å². The molecular formula is C32H40F3N7O. The predicted molar refractivity (Wildman–Crippen MR) is 160 cm³/mol. The van der Waals surface area contributed by atoms with Gasteiger partial charge in [-0.25, -0.2) is 4.98 Å². The van der Waals surface area contributed by atoms with E-state index in [2.05, 4.69) is 25.4 Å². The molecule has 0 atom stereocenters. The van der Waals surface area contributed by atoms with E-state index in [1.165, 1.54) is 51.4 Å². The Morgan fingerprint density at radius 1 is 1.00 bits per heavy atom. The molecule has 1 aromatic heterocycles. The molecule has 230 valence electrons. The van der Waals surface area contributed by atoms with Crippen LogP contribution in [0.15, 0.2) is 36.5 Å². The standard InChI is InChI=1S/C32H40F3N7O/c33-32(34,35)28-17-26(2-1-25(28)18-36)41-13-7-24(8-14-41)30(43)39-29-4-3-27(19-38-29)42-15-9-31(10-16-42)21-40(22-31)20-23-5-11-37-12-6-23/h1-4,17,19,23-24,37H,5-16,20-22H2,(H,38,39,43). The smallest absolute Gasteiger partial charge is 0.371 e. The lowest BCUT2D eigenvalue weighted by Gasteiger charge is -2.55. The highest BCUT2D eigenvalue weighted by molar-refractivity contribution is 5.92. The Kier molecular flexibility index (Phi) is 8.51. The van der Waals surface area contributed by atoms with Gasteiger partial charge in [0.25, 0.3) is 0 Å². The first kappa shape index (κ1) is 29.7. The lowest BCUT2D eigenvalue weighted by Crippen LogP contribution is -2.61. The summed E-state index contributed by atoms with van der Waals surface area (Å²) in [6, 6.07) is 9.28. The molecule has 2 N–H and O–H groups in total. The van der Waals surface area contributed by atoms with E-state index in [0.29, 0.717) is 42.9 Å². The quantitative estimate of drug-likeness (QED) is 0.500. The SMILES string of the molecule is N#Cc1ccc(N2CCC(C(=O)Nc3ccc(N4CCC5(CC4)CN(CC4CCNCC4)C5)cn3)CC2)cc1C(F)(F)F. The van der Waals surface area contributed by atoms with Gasteiger partial charge in [-0.3, -0.25) is 4.79 Å². The van der Waals surface area contributed by atoms with Crippen molar-refractivity contribution in [2.75, 3.05) is 74.0 Å². The fourth-order valence-corrected chi connectivity index (χ4v) is 7.35. The molecule has 4 fully saturated rings. The first-order valence-corrected chi connectivity index (χ1v) is 15.5. The Hall–Kier alpha value is -3.36. The number of alkyl halides is 3. The Morgan fingerprint density at radius 3 is 2.30 bits per heavy atom. The van der Waals surface area contributed by atoms with Gasteiger partial charge in [-0.2, -0.15) is 18.4 Å². The van der Waals surface area contributed by atoms with Gasteiger partial charge >= 0.3 is 6.18 Å². The highest BCUT2D eigenvalue weighted by Gasteiger charge is 2.45. The van der Waals surface area contributed by atoms with Crippen molar-refractivity contribution >= 4 is 23.1 Å². The third-order valence-corrected chi connectivity index (χ3v) is 9.94. The average Bonchev–Trinajstić information content (AvgIpc) is 3.01. The van der Waals surface area contributed by atoms with E-state index >= 15 is 0 Å². The molecule has 11 heteroatoms. The van der Waals surface area contributed by atoms with Crippen molar-refractivity contribution in [3.8, 4) is 6.07 Å². The third-order valence-electron chi connectivity index (χ3n) is 9.94. The number of piperidine rings is 3. The number of anilines is 3. The molecule has 0 aliphatic carbocycles. The molecule has 1 spiro atoms. The fraction of sp³-hybridized carbons (Fsp3) is 0.594. The molecule has 0 saturated carbocycles. The number of hydrogen-bond donors (Lipinski definition) is 2. The Bertz CT molecular complexity index is 1310. The molecule has 5 heterocycles. The molecule has 2 aromatic rings. The normalized spacial score (nSPS) is 21.8. The third kappa shape index (κ3) is 6.75. The van der Waals surface area contributed by atoms with E-state index in [0.717, 1.165) is 43.9 Å². The molecule has 43 heavy (non-hydrogen) atoms. The molecule has 4 aliphatic rings. The maximum atomic E-state index is 13.4. The van der Waals surface area contributed by atoms with E-state index in [9.17, 15) is 18.0 Å². The van der Waals surface area contributed by atoms with Crippen molar-refractivity contribution in [1.82, 2.24) is 15.2 Å². The highest BCUT2D eigenvalue weighted by Crippen LogP contribution is 2.42. The minimum absolute atomic E-state index is 0.116. The van der Waals surface area contributed by atoms with Crippen LogP contribution in [0.1, 0.15) is 49.7 Å². The first-order valence-electron chi connectivity index (χ1n) is 15.5. The Labute approximate surface area is 251 Å². The minimum Gasteiger partial charge on any atom is -0.371 e. The second-order valence-electron chi connectivity index (χ2n) is 12.8. The first-order chi connectivity index (χ1) is 20.7. The number of aromatic nitrogens is 1. The number of carbonyl (C=O) groups excluding carboxylic acids is 1. The number of rotatable bonds is 6. The number of halogens is 3. The molecule has 0 unspecified atom stereocenters. The largest absolute Gasteiger partial charge is 0.417 e. The monoisotopic (exact) mass is 595 g/mol. The predicted octanol–water partition coefficient (Wildman–Crippen LogP) is 4.73. The van der Waals surface area contributed by atoms with E-state index in [1.54, 1.807) is 12.1 Å². The van der Waals surface area contributed by atoms with Gasteiger partial charge in [0.2, 0.25) is 5.91 Å². The number of nitrogens with zero attached hydrogens (tertiary/aromatic N) is 5. The summed E-state index contributed by atoms with van der Waals surface area (Å²) < 4.78 is 40.1. The molecule has 6 rings (SSSR count). The maximum absolute atomic E-state index is 13.4. The second-order valence-corrected chi connectivity index (χ2v) is 12.8. The van der Waals surface area contributed by atoms with Crippen molar-refractivity contribution in [1.29, 1.82) is 5.26 Å². The zero-order chi connectivity index (χ0) is 30.0. The molecule has 1 amide bonds. The van der Waals surface area contributed by atoms with Gasteiger partial charge in [0.15, 0.2) is 0 Å². The molecular weight excluding hydrogens is 555 g/mol. The van der Waals surface area contributed by atoms with Crippen LogP contribution in [0.5, 0.6) is 0 Å². The van der Waals surface area contributed by atoms with E-state index in [1.807, 2.05) is 23.2 Å². The van der Waals surface area contributed by atoms with E-state index < -0.39 is 11.7 Å². The number of hydrogen-bond acceptors (Lipinski definition) is 7. The number of nitriles is 1. The van der Waals surface area contributed by atoms with Crippen molar-refractivity contribution < 1.29 is 18.0 Å². The molecule has 4 aliphatic heterocycles. The minimum atomic E-state index is -4.59. The van der Waals surface area contributed by atoms with Gasteiger partial charge in [0.05, 0.1) is 29.1 Å². The lowest BCUT2D eigenvalue weighted by molar-refractivity contribution is -0.137. The second kappa shape index (κ2) is 12.3. The van der Waals surface area contributed by atoms with E-state index in [-0.39, 0.29) is 17.4 Å². The molecule has 8 nitrogen and oxygen atoms in total. The number of pyridine rings is 1. The summed E-state index contributed by atoms with van der Waals surface area (Å²) in [6.07, 6.45) is 3.29. The van der Waals surface area contributed by atoms with Crippen molar-refractivity contribution in [3.05, 3.63) is 47.7 Å². The number of nitrogens with one attached hydrogen (secondary N) is 2. The van der Waals surface area contributed by atoms with Crippen LogP contribution in [-0.2, 0) is 11.0 Å². The van der Waals surface area contributed by atoms with Crippen molar-refractivity contribution in [2.45, 2.75) is 44.7 Å². The Balaban J connectivity index is 0.949. The summed E-state index contributed by atoms with van der Waals surface area (Å²) in [6.45, 7) is 9.00. The number of amides is 1. The summed E-state index contributed by atoms with van der Waals surface area (Å²) >= 11 is 0. The summed E-state index contributed by atoms with van der Waals surface area (Å²) in [5.74, 6) is 1.00. The highest BCUT2D eigenvalue weighted by atomic mass is 19.4.